The maximum absolute atomic E-state index is 13.3. The Morgan fingerprint density at radius 3 is 2.45 bits per heavy atom. The van der Waals surface area contributed by atoms with E-state index < -0.39 is 42.3 Å². The Kier molecular flexibility index (Phi) is 7.50. The smallest absolute Gasteiger partial charge is 0.343 e. The first-order valence-electron chi connectivity index (χ1n) is 10.9. The normalized spacial score (nSPS) is 19.8. The predicted molar refractivity (Wildman–Crippen MR) is 123 cm³/mol. The summed E-state index contributed by atoms with van der Waals surface area (Å²) in [5.41, 5.74) is -0.832. The summed E-state index contributed by atoms with van der Waals surface area (Å²) in [7, 11) is 0. The molecule has 1 aliphatic heterocycles. The summed E-state index contributed by atoms with van der Waals surface area (Å²) in [5, 5.41) is 5.19. The number of alkyl halides is 6. The summed E-state index contributed by atoms with van der Waals surface area (Å²) >= 11 is 5.98. The first kappa shape index (κ1) is 27.5. The second kappa shape index (κ2) is 10.3. The van der Waals surface area contributed by atoms with Gasteiger partial charge in [0.1, 0.15) is 16.8 Å². The summed E-state index contributed by atoms with van der Waals surface area (Å²) < 4.78 is 88.7. The molecule has 0 saturated carbocycles. The molecule has 38 heavy (non-hydrogen) atoms. The lowest BCUT2D eigenvalue weighted by Crippen LogP contribution is -2.34. The molecule has 2 atom stereocenters. The van der Waals surface area contributed by atoms with Gasteiger partial charge in [0.15, 0.2) is 11.9 Å². The SMILES string of the molecule is CC[C@@]1(c2cc(Cl)ncc2NC(=O)c2ccnc(Nc3ccc(C(F)(F)F)cn3)c2)OC[C@H](C(F)(F)F)O1. The molecule has 15 heteroatoms. The maximum Gasteiger partial charge on any atom is 0.417 e. The van der Waals surface area contributed by atoms with Gasteiger partial charge in [-0.05, 0) is 30.3 Å². The number of hydrogen-bond acceptors (Lipinski definition) is 7. The second-order valence-electron chi connectivity index (χ2n) is 8.06. The highest BCUT2D eigenvalue weighted by Gasteiger charge is 2.53. The first-order chi connectivity index (χ1) is 17.8. The molecule has 3 aromatic rings. The Balaban J connectivity index is 1.55. The average molecular weight is 562 g/mol. The van der Waals surface area contributed by atoms with Crippen molar-refractivity contribution in [2.24, 2.45) is 0 Å². The number of nitrogens with zero attached hydrogens (tertiary/aromatic N) is 3. The highest BCUT2D eigenvalue weighted by molar-refractivity contribution is 6.29. The van der Waals surface area contributed by atoms with Crippen LogP contribution in [0.25, 0.3) is 0 Å². The van der Waals surface area contributed by atoms with Crippen LogP contribution in [0.3, 0.4) is 0 Å². The zero-order valence-electron chi connectivity index (χ0n) is 19.3. The molecule has 1 fully saturated rings. The minimum absolute atomic E-state index is 0.000183. The number of ether oxygens (including phenoxy) is 2. The Morgan fingerprint density at radius 1 is 1.08 bits per heavy atom. The van der Waals surface area contributed by atoms with Crippen LogP contribution in [0.1, 0.15) is 34.8 Å². The monoisotopic (exact) mass is 561 g/mol. The molecule has 1 aliphatic rings. The van der Waals surface area contributed by atoms with Crippen LogP contribution >= 0.6 is 11.6 Å². The number of amides is 1. The van der Waals surface area contributed by atoms with Crippen LogP contribution in [-0.2, 0) is 21.4 Å². The lowest BCUT2D eigenvalue weighted by Gasteiger charge is -2.29. The van der Waals surface area contributed by atoms with Gasteiger partial charge in [0.05, 0.1) is 24.1 Å². The van der Waals surface area contributed by atoms with E-state index in [0.717, 1.165) is 18.3 Å². The van der Waals surface area contributed by atoms with Crippen LogP contribution in [0.5, 0.6) is 0 Å². The van der Waals surface area contributed by atoms with E-state index in [-0.39, 0.29) is 40.0 Å². The van der Waals surface area contributed by atoms with Crippen molar-refractivity contribution in [3.63, 3.8) is 0 Å². The summed E-state index contributed by atoms with van der Waals surface area (Å²) in [5.74, 6) is -2.39. The molecule has 3 aromatic heterocycles. The summed E-state index contributed by atoms with van der Waals surface area (Å²) in [4.78, 5) is 24.6. The van der Waals surface area contributed by atoms with Crippen LogP contribution in [0, 0.1) is 0 Å². The Bertz CT molecular complexity index is 1320. The molecule has 4 rings (SSSR count). The van der Waals surface area contributed by atoms with E-state index in [9.17, 15) is 31.1 Å². The van der Waals surface area contributed by atoms with Gasteiger partial charge in [0, 0.05) is 29.9 Å². The standard InChI is InChI=1S/C23H18ClF6N5O3/c1-2-21(37-11-16(38-21)23(28,29)30)14-8-17(24)32-10-15(14)34-20(36)12-5-6-31-19(7-12)35-18-4-3-13(9-33-18)22(25,26)27/h3-10,16H,2,11H2,1H3,(H,34,36)(H,31,33,35)/t16-,21-/m1/s1. The van der Waals surface area contributed by atoms with Crippen molar-refractivity contribution < 1.29 is 40.6 Å². The quantitative estimate of drug-likeness (QED) is 0.278. The first-order valence-corrected chi connectivity index (χ1v) is 11.3. The molecule has 2 N–H and O–H groups in total. The lowest BCUT2D eigenvalue weighted by molar-refractivity contribution is -0.247. The third kappa shape index (κ3) is 5.97. The van der Waals surface area contributed by atoms with E-state index in [1.54, 1.807) is 6.92 Å². The Morgan fingerprint density at radius 2 is 1.84 bits per heavy atom. The number of carbonyl (C=O) groups excluding carboxylic acids is 1. The molecule has 4 heterocycles. The zero-order valence-corrected chi connectivity index (χ0v) is 20.1. The lowest BCUT2D eigenvalue weighted by atomic mass is 10.0. The van der Waals surface area contributed by atoms with Crippen molar-refractivity contribution in [2.45, 2.75) is 37.6 Å². The van der Waals surface area contributed by atoms with Crippen molar-refractivity contribution in [1.82, 2.24) is 15.0 Å². The highest BCUT2D eigenvalue weighted by atomic mass is 35.5. The number of rotatable bonds is 6. The predicted octanol–water partition coefficient (Wildman–Crippen LogP) is 6.08. The van der Waals surface area contributed by atoms with Gasteiger partial charge in [0.25, 0.3) is 5.91 Å². The van der Waals surface area contributed by atoms with Gasteiger partial charge >= 0.3 is 12.4 Å². The van der Waals surface area contributed by atoms with Crippen LogP contribution in [0.4, 0.5) is 43.7 Å². The molecular weight excluding hydrogens is 544 g/mol. The van der Waals surface area contributed by atoms with Gasteiger partial charge in [-0.3, -0.25) is 4.79 Å². The molecule has 0 unspecified atom stereocenters. The number of hydrogen-bond donors (Lipinski definition) is 2. The van der Waals surface area contributed by atoms with E-state index >= 15 is 0 Å². The third-order valence-corrected chi connectivity index (χ3v) is 5.74. The number of carbonyl (C=O) groups is 1. The number of aromatic nitrogens is 3. The molecule has 0 aromatic carbocycles. The van der Waals surface area contributed by atoms with E-state index in [1.165, 1.54) is 24.4 Å². The van der Waals surface area contributed by atoms with Crippen molar-refractivity contribution in [1.29, 1.82) is 0 Å². The number of nitrogens with one attached hydrogen (secondary N) is 2. The second-order valence-corrected chi connectivity index (χ2v) is 8.44. The molecule has 0 aliphatic carbocycles. The van der Waals surface area contributed by atoms with Crippen LogP contribution in [0.2, 0.25) is 5.15 Å². The molecule has 1 amide bonds. The van der Waals surface area contributed by atoms with Gasteiger partial charge < -0.3 is 20.1 Å². The summed E-state index contributed by atoms with van der Waals surface area (Å²) in [6.45, 7) is 0.802. The fraction of sp³-hybridized carbons (Fsp3) is 0.304. The van der Waals surface area contributed by atoms with Crippen LogP contribution in [0.15, 0.2) is 48.9 Å². The van der Waals surface area contributed by atoms with Crippen LogP contribution < -0.4 is 10.6 Å². The van der Waals surface area contributed by atoms with Gasteiger partial charge in [-0.2, -0.15) is 26.3 Å². The van der Waals surface area contributed by atoms with Gasteiger partial charge in [0.2, 0.25) is 0 Å². The molecular formula is C23H18ClF6N5O3. The average Bonchev–Trinajstić information content (AvgIpc) is 3.32. The molecule has 202 valence electrons. The third-order valence-electron chi connectivity index (χ3n) is 5.53. The van der Waals surface area contributed by atoms with Gasteiger partial charge in [-0.15, -0.1) is 0 Å². The summed E-state index contributed by atoms with van der Waals surface area (Å²) in [6.07, 6.45) is -8.35. The van der Waals surface area contributed by atoms with Gasteiger partial charge in [-0.25, -0.2) is 15.0 Å². The molecule has 0 spiro atoms. The number of halogens is 7. The minimum atomic E-state index is -4.67. The fourth-order valence-electron chi connectivity index (χ4n) is 3.63. The topological polar surface area (TPSA) is 98.3 Å². The Labute approximate surface area is 216 Å². The molecule has 0 bridgehead atoms. The minimum Gasteiger partial charge on any atom is -0.343 e. The van der Waals surface area contributed by atoms with E-state index in [4.69, 9.17) is 21.1 Å². The van der Waals surface area contributed by atoms with E-state index in [2.05, 4.69) is 25.6 Å². The number of pyridine rings is 3. The zero-order chi connectivity index (χ0) is 27.7. The van der Waals surface area contributed by atoms with Crippen molar-refractivity contribution in [2.75, 3.05) is 17.2 Å². The highest BCUT2D eigenvalue weighted by Crippen LogP contribution is 2.45. The van der Waals surface area contributed by atoms with E-state index in [1.807, 2.05) is 0 Å². The fourth-order valence-corrected chi connectivity index (χ4v) is 3.79. The molecule has 8 nitrogen and oxygen atoms in total. The van der Waals surface area contributed by atoms with Crippen molar-refractivity contribution >= 4 is 34.8 Å². The van der Waals surface area contributed by atoms with E-state index in [0.29, 0.717) is 6.20 Å². The van der Waals surface area contributed by atoms with Crippen molar-refractivity contribution in [3.8, 4) is 0 Å². The maximum atomic E-state index is 13.3. The van der Waals surface area contributed by atoms with Crippen molar-refractivity contribution in [3.05, 3.63) is 70.8 Å². The van der Waals surface area contributed by atoms with Gasteiger partial charge in [-0.1, -0.05) is 18.5 Å². The molecule has 0 radical (unpaired) electrons. The summed E-state index contributed by atoms with van der Waals surface area (Å²) in [6, 6.07) is 5.83. The van der Waals surface area contributed by atoms with Crippen LogP contribution in [-0.4, -0.2) is 39.7 Å². The Hall–Kier alpha value is -3.49. The molecule has 1 saturated heterocycles. The largest absolute Gasteiger partial charge is 0.417 e. The number of anilines is 3.